The molecule has 6 nitrogen and oxygen atoms in total. The van der Waals surface area contributed by atoms with Crippen LogP contribution in [0.3, 0.4) is 0 Å². The zero-order chi connectivity index (χ0) is 17.2. The van der Waals surface area contributed by atoms with E-state index in [1.807, 2.05) is 6.26 Å². The molecule has 1 aliphatic rings. The van der Waals surface area contributed by atoms with Crippen molar-refractivity contribution in [2.24, 2.45) is 0 Å². The molecule has 0 radical (unpaired) electrons. The zero-order valence-electron chi connectivity index (χ0n) is 13.6. The van der Waals surface area contributed by atoms with Crippen molar-refractivity contribution in [2.45, 2.75) is 43.7 Å². The van der Waals surface area contributed by atoms with Gasteiger partial charge in [0.15, 0.2) is 0 Å². The van der Waals surface area contributed by atoms with E-state index in [4.69, 9.17) is 9.47 Å². The summed E-state index contributed by atoms with van der Waals surface area (Å²) in [6.45, 7) is 5.81. The van der Waals surface area contributed by atoms with E-state index in [1.165, 1.54) is 17.8 Å². The number of aromatic carboxylic acids is 1. The van der Waals surface area contributed by atoms with E-state index in [9.17, 15) is 14.7 Å². The third-order valence-electron chi connectivity index (χ3n) is 3.29. The Balaban J connectivity index is 2.28. The Morgan fingerprint density at radius 3 is 2.65 bits per heavy atom. The van der Waals surface area contributed by atoms with Crippen LogP contribution in [-0.2, 0) is 4.74 Å². The van der Waals surface area contributed by atoms with Gasteiger partial charge in [0.05, 0.1) is 18.2 Å². The van der Waals surface area contributed by atoms with Crippen LogP contribution in [0.25, 0.3) is 0 Å². The average Bonchev–Trinajstić information content (AvgIpc) is 2.44. The summed E-state index contributed by atoms with van der Waals surface area (Å²) in [6.07, 6.45) is 1.92. The number of carbonyl (C=O) groups is 2. The lowest BCUT2D eigenvalue weighted by molar-refractivity contribution is 0.0489. The second kappa shape index (κ2) is 6.70. The van der Waals surface area contributed by atoms with Crippen LogP contribution >= 0.6 is 11.8 Å². The first-order chi connectivity index (χ1) is 10.7. The van der Waals surface area contributed by atoms with E-state index in [-0.39, 0.29) is 11.6 Å². The predicted molar refractivity (Wildman–Crippen MR) is 87.4 cm³/mol. The molecule has 0 bridgehead atoms. The van der Waals surface area contributed by atoms with Crippen molar-refractivity contribution < 1.29 is 24.2 Å². The van der Waals surface area contributed by atoms with Crippen molar-refractivity contribution in [1.82, 2.24) is 5.32 Å². The number of rotatable bonds is 3. The number of benzene rings is 1. The van der Waals surface area contributed by atoms with Gasteiger partial charge in [-0.1, -0.05) is 0 Å². The largest absolute Gasteiger partial charge is 0.493 e. The van der Waals surface area contributed by atoms with Crippen LogP contribution in [-0.4, -0.2) is 35.6 Å². The molecule has 1 aliphatic heterocycles. The van der Waals surface area contributed by atoms with Gasteiger partial charge in [0.1, 0.15) is 11.4 Å². The molecule has 7 heteroatoms. The van der Waals surface area contributed by atoms with E-state index in [2.05, 4.69) is 5.32 Å². The van der Waals surface area contributed by atoms with Gasteiger partial charge in [0.2, 0.25) is 0 Å². The molecule has 1 aromatic carbocycles. The van der Waals surface area contributed by atoms with Crippen LogP contribution in [0, 0.1) is 0 Å². The third-order valence-corrected chi connectivity index (χ3v) is 4.07. The van der Waals surface area contributed by atoms with Crippen molar-refractivity contribution in [3.8, 4) is 5.75 Å². The second-order valence-corrected chi connectivity index (χ2v) is 7.08. The van der Waals surface area contributed by atoms with Crippen LogP contribution in [0.1, 0.15) is 49.2 Å². The smallest absolute Gasteiger partial charge is 0.408 e. The number of thioether (sulfide) groups is 1. The van der Waals surface area contributed by atoms with E-state index >= 15 is 0 Å². The first kappa shape index (κ1) is 17.5. The fraction of sp³-hybridized carbons (Fsp3) is 0.500. The molecule has 0 aliphatic carbocycles. The number of hydrogen-bond acceptors (Lipinski definition) is 5. The van der Waals surface area contributed by atoms with Gasteiger partial charge in [0.25, 0.3) is 0 Å². The van der Waals surface area contributed by atoms with E-state index in [0.29, 0.717) is 23.7 Å². The maximum Gasteiger partial charge on any atom is 0.408 e. The number of carboxylic acid groups (broad SMARTS) is 1. The third kappa shape index (κ3) is 4.31. The summed E-state index contributed by atoms with van der Waals surface area (Å²) >= 11 is 1.35. The number of alkyl carbamates (subject to hydrolysis) is 1. The Kier molecular flexibility index (Phi) is 5.09. The highest BCUT2D eigenvalue weighted by atomic mass is 32.2. The minimum Gasteiger partial charge on any atom is -0.493 e. The highest BCUT2D eigenvalue weighted by molar-refractivity contribution is 7.98. The van der Waals surface area contributed by atoms with Crippen molar-refractivity contribution in [1.29, 1.82) is 0 Å². The van der Waals surface area contributed by atoms with Crippen LogP contribution in [0.2, 0.25) is 0 Å². The molecule has 126 valence electrons. The van der Waals surface area contributed by atoms with Gasteiger partial charge in [-0.2, -0.15) is 0 Å². The number of ether oxygens (including phenoxy) is 2. The Bertz CT molecular complexity index is 624. The van der Waals surface area contributed by atoms with Gasteiger partial charge in [-0.3, -0.25) is 0 Å². The van der Waals surface area contributed by atoms with Gasteiger partial charge < -0.3 is 19.9 Å². The molecular weight excluding hydrogens is 318 g/mol. The van der Waals surface area contributed by atoms with Crippen LogP contribution in [0.15, 0.2) is 17.0 Å². The standard InChI is InChI=1S/C16H21NO5S/c1-16(2,3)22-15(20)17-11-5-6-21-12-7-10(14(18)19)13(23-4)8-9(11)12/h7-8,11H,5-6H2,1-4H3,(H,17,20)(H,18,19)/t11-/m0/s1. The zero-order valence-corrected chi connectivity index (χ0v) is 14.5. The summed E-state index contributed by atoms with van der Waals surface area (Å²) in [6, 6.07) is 3.03. The normalized spacial score (nSPS) is 17.0. The topological polar surface area (TPSA) is 84.9 Å². The van der Waals surface area contributed by atoms with E-state index in [0.717, 1.165) is 5.56 Å². The number of hydrogen-bond donors (Lipinski definition) is 2. The molecule has 1 aromatic rings. The van der Waals surface area contributed by atoms with Gasteiger partial charge in [-0.05, 0) is 39.2 Å². The summed E-state index contributed by atoms with van der Waals surface area (Å²) in [5, 5.41) is 12.1. The van der Waals surface area contributed by atoms with Gasteiger partial charge in [-0.15, -0.1) is 11.8 Å². The van der Waals surface area contributed by atoms with Gasteiger partial charge >= 0.3 is 12.1 Å². The minimum absolute atomic E-state index is 0.203. The Hall–Kier alpha value is -1.89. The first-order valence-electron chi connectivity index (χ1n) is 7.29. The molecule has 1 atom stereocenters. The first-order valence-corrected chi connectivity index (χ1v) is 8.51. The van der Waals surface area contributed by atoms with Crippen molar-refractivity contribution in [2.75, 3.05) is 12.9 Å². The second-order valence-electron chi connectivity index (χ2n) is 6.23. The molecule has 0 saturated carbocycles. The highest BCUT2D eigenvalue weighted by Gasteiger charge is 2.27. The summed E-state index contributed by atoms with van der Waals surface area (Å²) in [5.74, 6) is -0.504. The molecule has 0 aromatic heterocycles. The van der Waals surface area contributed by atoms with Gasteiger partial charge in [0, 0.05) is 16.9 Å². The Labute approximate surface area is 139 Å². The number of nitrogens with one attached hydrogen (secondary N) is 1. The van der Waals surface area contributed by atoms with E-state index in [1.54, 1.807) is 26.8 Å². The molecule has 0 spiro atoms. The monoisotopic (exact) mass is 339 g/mol. The molecule has 1 amide bonds. The predicted octanol–water partition coefficient (Wildman–Crippen LogP) is 3.46. The average molecular weight is 339 g/mol. The maximum atomic E-state index is 12.0. The van der Waals surface area contributed by atoms with Gasteiger partial charge in [-0.25, -0.2) is 9.59 Å². The molecule has 0 unspecified atom stereocenters. The fourth-order valence-electron chi connectivity index (χ4n) is 2.35. The Morgan fingerprint density at radius 1 is 1.39 bits per heavy atom. The van der Waals surface area contributed by atoms with Crippen molar-refractivity contribution in [3.63, 3.8) is 0 Å². The number of amides is 1. The maximum absolute atomic E-state index is 12.0. The summed E-state index contributed by atoms with van der Waals surface area (Å²) in [5.41, 5.74) is 0.404. The van der Waals surface area contributed by atoms with Crippen LogP contribution < -0.4 is 10.1 Å². The Morgan fingerprint density at radius 2 is 2.09 bits per heavy atom. The van der Waals surface area contributed by atoms with Crippen LogP contribution in [0.5, 0.6) is 5.75 Å². The number of fused-ring (bicyclic) bond motifs is 1. The molecular formula is C16H21NO5S. The molecule has 2 N–H and O–H groups in total. The summed E-state index contributed by atoms with van der Waals surface area (Å²) in [7, 11) is 0. The lowest BCUT2D eigenvalue weighted by Crippen LogP contribution is -2.36. The van der Waals surface area contributed by atoms with Crippen molar-refractivity contribution in [3.05, 3.63) is 23.3 Å². The number of carbonyl (C=O) groups excluding carboxylic acids is 1. The molecule has 23 heavy (non-hydrogen) atoms. The van der Waals surface area contributed by atoms with Crippen LogP contribution in [0.4, 0.5) is 4.79 Å². The van der Waals surface area contributed by atoms with Crippen molar-refractivity contribution >= 4 is 23.8 Å². The SMILES string of the molecule is CSc1cc2c(cc1C(=O)O)OCC[C@@H]2NC(=O)OC(C)(C)C. The lowest BCUT2D eigenvalue weighted by Gasteiger charge is -2.29. The lowest BCUT2D eigenvalue weighted by atomic mass is 9.99. The quantitative estimate of drug-likeness (QED) is 0.821. The van der Waals surface area contributed by atoms with E-state index < -0.39 is 17.7 Å². The minimum atomic E-state index is -0.997. The highest BCUT2D eigenvalue weighted by Crippen LogP contribution is 2.37. The summed E-state index contributed by atoms with van der Waals surface area (Å²) < 4.78 is 10.8. The molecule has 0 fully saturated rings. The number of carboxylic acids is 1. The molecule has 1 heterocycles. The summed E-state index contributed by atoms with van der Waals surface area (Å²) in [4.78, 5) is 24.0. The fourth-order valence-corrected chi connectivity index (χ4v) is 2.96. The molecule has 0 saturated heterocycles. The molecule has 2 rings (SSSR count).